The second-order valence-corrected chi connectivity index (χ2v) is 7.53. The number of nitrogens with one attached hydrogen (secondary N) is 1. The lowest BCUT2D eigenvalue weighted by atomic mass is 10.1. The molecule has 4 nitrogen and oxygen atoms in total. The van der Waals surface area contributed by atoms with E-state index < -0.39 is 19.0 Å². The summed E-state index contributed by atoms with van der Waals surface area (Å²) >= 11 is 0. The summed E-state index contributed by atoms with van der Waals surface area (Å²) in [6.45, 7) is 3.69. The third-order valence-corrected chi connectivity index (χ3v) is 6.50. The lowest BCUT2D eigenvalue weighted by molar-refractivity contribution is 0.0880. The monoisotopic (exact) mass is 251 g/mol. The van der Waals surface area contributed by atoms with Crippen molar-refractivity contribution in [3.8, 4) is 0 Å². The average molecular weight is 251 g/mol. The van der Waals surface area contributed by atoms with Crippen LogP contribution in [0.1, 0.15) is 34.6 Å². The Balaban J connectivity index is 2.70. The van der Waals surface area contributed by atoms with Crippen molar-refractivity contribution in [1.29, 1.82) is 0 Å². The van der Waals surface area contributed by atoms with Gasteiger partial charge in [0.05, 0.1) is 11.1 Å². The number of fused-ring (bicyclic) bond motifs is 1. The minimum atomic E-state index is -2.55. The first-order valence-electron chi connectivity index (χ1n) is 5.61. The Kier molecular flexibility index (Phi) is 2.92. The van der Waals surface area contributed by atoms with Gasteiger partial charge in [0.2, 0.25) is 0 Å². The second-order valence-electron chi connectivity index (χ2n) is 4.00. The fraction of sp³-hybridized carbons (Fsp3) is 0.333. The molecule has 0 fully saturated rings. The van der Waals surface area contributed by atoms with Crippen molar-refractivity contribution in [3.05, 3.63) is 29.3 Å². The quantitative estimate of drug-likeness (QED) is 0.655. The molecule has 0 atom stereocenters. The fourth-order valence-electron chi connectivity index (χ4n) is 2.10. The minimum absolute atomic E-state index is 0.310. The normalized spacial score (nSPS) is 14.7. The van der Waals surface area contributed by atoms with Crippen molar-refractivity contribution in [3.63, 3.8) is 0 Å². The Morgan fingerprint density at radius 3 is 2.35 bits per heavy atom. The average Bonchev–Trinajstić information content (AvgIpc) is 2.64. The van der Waals surface area contributed by atoms with Crippen LogP contribution in [-0.4, -0.2) is 24.1 Å². The zero-order valence-corrected chi connectivity index (χ0v) is 10.7. The van der Waals surface area contributed by atoms with E-state index in [1.165, 1.54) is 0 Å². The molecule has 1 aliphatic rings. The van der Waals surface area contributed by atoms with Crippen LogP contribution in [0.3, 0.4) is 0 Å². The van der Waals surface area contributed by atoms with Crippen LogP contribution in [0.2, 0.25) is 0 Å². The lowest BCUT2D eigenvalue weighted by Gasteiger charge is -2.16. The zero-order valence-electron chi connectivity index (χ0n) is 9.82. The van der Waals surface area contributed by atoms with E-state index in [-0.39, 0.29) is 0 Å². The molecule has 17 heavy (non-hydrogen) atoms. The SMILES string of the molecule is CCP(=O)(CC)c1cccc2c1C(=O)NC2=O. The van der Waals surface area contributed by atoms with Gasteiger partial charge in [0.1, 0.15) is 7.14 Å². The molecule has 0 unspecified atom stereocenters. The van der Waals surface area contributed by atoms with E-state index in [9.17, 15) is 14.2 Å². The molecule has 0 aromatic heterocycles. The summed E-state index contributed by atoms with van der Waals surface area (Å²) in [4.78, 5) is 23.2. The van der Waals surface area contributed by atoms with Gasteiger partial charge < -0.3 is 4.57 Å². The number of imide groups is 1. The largest absolute Gasteiger partial charge is 0.319 e. The number of rotatable bonds is 3. The molecule has 2 rings (SSSR count). The molecule has 1 aromatic rings. The maximum atomic E-state index is 12.7. The van der Waals surface area contributed by atoms with E-state index in [2.05, 4.69) is 5.32 Å². The first-order chi connectivity index (χ1) is 8.03. The fourth-order valence-corrected chi connectivity index (χ4v) is 4.22. The van der Waals surface area contributed by atoms with Gasteiger partial charge in [0.15, 0.2) is 0 Å². The number of hydrogen-bond donors (Lipinski definition) is 1. The molecule has 1 N–H and O–H groups in total. The molecule has 2 amide bonds. The third kappa shape index (κ3) is 1.73. The van der Waals surface area contributed by atoms with Gasteiger partial charge in [-0.15, -0.1) is 0 Å². The van der Waals surface area contributed by atoms with Gasteiger partial charge in [-0.05, 0) is 6.07 Å². The maximum absolute atomic E-state index is 12.7. The first kappa shape index (κ1) is 12.1. The molecular weight excluding hydrogens is 237 g/mol. The Labute approximate surface area is 99.8 Å². The Morgan fingerprint density at radius 1 is 1.12 bits per heavy atom. The van der Waals surface area contributed by atoms with Gasteiger partial charge >= 0.3 is 0 Å². The number of carbonyl (C=O) groups is 2. The molecule has 1 aromatic carbocycles. The summed E-state index contributed by atoms with van der Waals surface area (Å²) in [6.07, 6.45) is 1.00. The Morgan fingerprint density at radius 2 is 1.76 bits per heavy atom. The van der Waals surface area contributed by atoms with Crippen molar-refractivity contribution in [2.24, 2.45) is 0 Å². The van der Waals surface area contributed by atoms with E-state index in [1.54, 1.807) is 18.2 Å². The predicted octanol–water partition coefficient (Wildman–Crippen LogP) is 1.60. The Hall–Kier alpha value is -1.41. The van der Waals surface area contributed by atoms with Crippen LogP contribution in [0, 0.1) is 0 Å². The molecule has 0 saturated heterocycles. The summed E-state index contributed by atoms with van der Waals surface area (Å²) in [6, 6.07) is 4.98. The van der Waals surface area contributed by atoms with Gasteiger partial charge in [0.25, 0.3) is 11.8 Å². The van der Waals surface area contributed by atoms with Crippen LogP contribution in [0.15, 0.2) is 18.2 Å². The van der Waals surface area contributed by atoms with E-state index >= 15 is 0 Å². The second kappa shape index (κ2) is 4.11. The zero-order chi connectivity index (χ0) is 12.6. The van der Waals surface area contributed by atoms with Crippen LogP contribution in [-0.2, 0) is 4.57 Å². The van der Waals surface area contributed by atoms with E-state index in [1.807, 2.05) is 13.8 Å². The first-order valence-corrected chi connectivity index (χ1v) is 7.68. The molecular formula is C12H14NO3P. The summed E-state index contributed by atoms with van der Waals surface area (Å²) < 4.78 is 12.7. The van der Waals surface area contributed by atoms with Crippen LogP contribution < -0.4 is 10.6 Å². The van der Waals surface area contributed by atoms with Crippen molar-refractivity contribution in [2.75, 3.05) is 12.3 Å². The topological polar surface area (TPSA) is 63.2 Å². The summed E-state index contributed by atoms with van der Waals surface area (Å²) in [5, 5.41) is 2.79. The number of benzene rings is 1. The highest BCUT2D eigenvalue weighted by atomic mass is 31.2. The molecule has 1 heterocycles. The van der Waals surface area contributed by atoms with Crippen LogP contribution in [0.25, 0.3) is 0 Å². The Bertz CT molecular complexity index is 543. The summed E-state index contributed by atoms with van der Waals surface area (Å²) in [5.74, 6) is -0.826. The number of hydrogen-bond acceptors (Lipinski definition) is 3. The molecule has 0 aliphatic carbocycles. The highest BCUT2D eigenvalue weighted by Gasteiger charge is 2.34. The molecule has 5 heteroatoms. The van der Waals surface area contributed by atoms with Gasteiger partial charge in [-0.2, -0.15) is 0 Å². The standard InChI is InChI=1S/C12H14NO3P/c1-3-17(16,4-2)9-7-5-6-8-10(9)12(15)13-11(8)14/h5-7H,3-4H2,1-2H3,(H,13,14,15). The maximum Gasteiger partial charge on any atom is 0.259 e. The highest BCUT2D eigenvalue weighted by molar-refractivity contribution is 7.71. The third-order valence-electron chi connectivity index (χ3n) is 3.20. The van der Waals surface area contributed by atoms with Crippen molar-refractivity contribution < 1.29 is 14.2 Å². The van der Waals surface area contributed by atoms with E-state index in [0.29, 0.717) is 28.8 Å². The van der Waals surface area contributed by atoms with Crippen molar-refractivity contribution in [2.45, 2.75) is 13.8 Å². The highest BCUT2D eigenvalue weighted by Crippen LogP contribution is 2.45. The number of amides is 2. The van der Waals surface area contributed by atoms with Crippen LogP contribution >= 0.6 is 7.14 Å². The van der Waals surface area contributed by atoms with Crippen LogP contribution in [0.4, 0.5) is 0 Å². The molecule has 0 saturated carbocycles. The molecule has 0 radical (unpaired) electrons. The minimum Gasteiger partial charge on any atom is -0.319 e. The molecule has 90 valence electrons. The van der Waals surface area contributed by atoms with E-state index in [0.717, 1.165) is 0 Å². The van der Waals surface area contributed by atoms with Gasteiger partial charge in [-0.1, -0.05) is 26.0 Å². The van der Waals surface area contributed by atoms with Gasteiger partial charge in [-0.25, -0.2) is 0 Å². The lowest BCUT2D eigenvalue weighted by Crippen LogP contribution is -2.23. The van der Waals surface area contributed by atoms with Crippen molar-refractivity contribution in [1.82, 2.24) is 5.32 Å². The van der Waals surface area contributed by atoms with Gasteiger partial charge in [-0.3, -0.25) is 14.9 Å². The van der Waals surface area contributed by atoms with E-state index in [4.69, 9.17) is 0 Å². The smallest absolute Gasteiger partial charge is 0.259 e. The van der Waals surface area contributed by atoms with Crippen molar-refractivity contribution >= 4 is 24.3 Å². The summed E-state index contributed by atoms with van der Waals surface area (Å²) in [7, 11) is -2.55. The molecule has 0 bridgehead atoms. The number of carbonyl (C=O) groups excluding carboxylic acids is 2. The molecule has 1 aliphatic heterocycles. The van der Waals surface area contributed by atoms with Gasteiger partial charge in [0, 0.05) is 17.6 Å². The molecule has 0 spiro atoms. The predicted molar refractivity (Wildman–Crippen MR) is 66.6 cm³/mol. The van der Waals surface area contributed by atoms with Crippen LogP contribution in [0.5, 0.6) is 0 Å². The summed E-state index contributed by atoms with van der Waals surface area (Å²) in [5.41, 5.74) is 0.652.